The van der Waals surface area contributed by atoms with Crippen molar-refractivity contribution in [3.63, 3.8) is 0 Å². The zero-order chi connectivity index (χ0) is 14.0. The van der Waals surface area contributed by atoms with Crippen LogP contribution in [0, 0.1) is 24.0 Å². The summed E-state index contributed by atoms with van der Waals surface area (Å²) < 4.78 is 1.47. The van der Waals surface area contributed by atoms with E-state index in [4.69, 9.17) is 0 Å². The number of hydrogen-bond donors (Lipinski definition) is 1. The molecule has 0 unspecified atom stereocenters. The van der Waals surface area contributed by atoms with Crippen LogP contribution in [0.1, 0.15) is 17.2 Å². The van der Waals surface area contributed by atoms with Crippen molar-refractivity contribution in [2.24, 2.45) is 5.10 Å². The van der Waals surface area contributed by atoms with Gasteiger partial charge in [-0.25, -0.2) is 4.68 Å². The molecule has 2 aromatic rings. The lowest BCUT2D eigenvalue weighted by atomic mass is 10.2. The van der Waals surface area contributed by atoms with Crippen LogP contribution >= 0.6 is 0 Å². The van der Waals surface area contributed by atoms with Gasteiger partial charge in [0, 0.05) is 11.6 Å². The van der Waals surface area contributed by atoms with Crippen LogP contribution < -0.4 is 0 Å². The molecular weight excluding hydrogens is 250 g/mol. The number of aromatic nitrogens is 3. The molecule has 0 aliphatic heterocycles. The molecular formula is C11H11N5O3. The first-order valence-electron chi connectivity index (χ1n) is 5.40. The third-order valence-corrected chi connectivity index (χ3v) is 2.51. The number of phenolic OH excluding ortho intramolecular Hbond substituents is 1. The number of aromatic hydroxyl groups is 1. The average Bonchev–Trinajstić information content (AvgIpc) is 2.68. The summed E-state index contributed by atoms with van der Waals surface area (Å²) in [7, 11) is 0. The molecule has 0 aliphatic carbocycles. The first-order valence-corrected chi connectivity index (χ1v) is 5.40. The first kappa shape index (κ1) is 12.7. The molecule has 0 saturated carbocycles. The smallest absolute Gasteiger partial charge is 0.311 e. The molecule has 1 aromatic carbocycles. The molecule has 0 radical (unpaired) electrons. The predicted octanol–water partition coefficient (Wildman–Crippen LogP) is 1.39. The van der Waals surface area contributed by atoms with Gasteiger partial charge in [-0.15, -0.1) is 10.2 Å². The number of benzene rings is 1. The Labute approximate surface area is 108 Å². The number of para-hydroxylation sites is 1. The second-order valence-electron chi connectivity index (χ2n) is 3.82. The van der Waals surface area contributed by atoms with Gasteiger partial charge in [-0.05, 0) is 19.9 Å². The standard InChI is InChI=1S/C11H11N5O3/c1-7-13-14-8(2)15(7)12-6-9-4-3-5-10(11(9)17)16(18)19/h3-6,17H,1-2H3/b12-6-. The third-order valence-electron chi connectivity index (χ3n) is 2.51. The quantitative estimate of drug-likeness (QED) is 0.510. The predicted molar refractivity (Wildman–Crippen MR) is 67.2 cm³/mol. The van der Waals surface area contributed by atoms with E-state index in [2.05, 4.69) is 15.3 Å². The van der Waals surface area contributed by atoms with Gasteiger partial charge in [-0.3, -0.25) is 10.1 Å². The molecule has 8 heteroatoms. The SMILES string of the molecule is Cc1nnc(C)n1/N=C\c1cccc([N+](=O)[O-])c1O. The van der Waals surface area contributed by atoms with Crippen molar-refractivity contribution >= 4 is 11.9 Å². The van der Waals surface area contributed by atoms with Crippen LogP contribution in [0.2, 0.25) is 0 Å². The Balaban J connectivity index is 2.39. The Morgan fingerprint density at radius 2 is 2.00 bits per heavy atom. The van der Waals surface area contributed by atoms with Crippen LogP contribution in [0.5, 0.6) is 5.75 Å². The van der Waals surface area contributed by atoms with Crippen molar-refractivity contribution < 1.29 is 10.0 Å². The van der Waals surface area contributed by atoms with Crippen molar-refractivity contribution in [3.05, 3.63) is 45.5 Å². The van der Waals surface area contributed by atoms with Crippen molar-refractivity contribution in [2.75, 3.05) is 0 Å². The van der Waals surface area contributed by atoms with E-state index in [0.717, 1.165) is 0 Å². The lowest BCUT2D eigenvalue weighted by Gasteiger charge is -2.00. The molecule has 8 nitrogen and oxygen atoms in total. The second-order valence-corrected chi connectivity index (χ2v) is 3.82. The second kappa shape index (κ2) is 4.84. The topological polar surface area (TPSA) is 106 Å². The highest BCUT2D eigenvalue weighted by Gasteiger charge is 2.15. The Hall–Kier alpha value is -2.77. The van der Waals surface area contributed by atoms with E-state index in [0.29, 0.717) is 11.6 Å². The van der Waals surface area contributed by atoms with Gasteiger partial charge in [0.05, 0.1) is 11.1 Å². The molecule has 1 aromatic heterocycles. The van der Waals surface area contributed by atoms with E-state index in [9.17, 15) is 15.2 Å². The van der Waals surface area contributed by atoms with Gasteiger partial charge < -0.3 is 5.11 Å². The number of nitro benzene ring substituents is 1. The Bertz CT molecular complexity index is 643. The molecule has 0 saturated heterocycles. The van der Waals surface area contributed by atoms with Gasteiger partial charge in [0.2, 0.25) is 5.75 Å². The third kappa shape index (κ3) is 2.41. The zero-order valence-electron chi connectivity index (χ0n) is 10.3. The largest absolute Gasteiger partial charge is 0.502 e. The molecule has 98 valence electrons. The summed E-state index contributed by atoms with van der Waals surface area (Å²) in [5.74, 6) is 0.747. The van der Waals surface area contributed by atoms with Crippen LogP contribution in [0.3, 0.4) is 0 Å². The van der Waals surface area contributed by atoms with E-state index in [1.54, 1.807) is 13.8 Å². The average molecular weight is 261 g/mol. The number of rotatable bonds is 3. The van der Waals surface area contributed by atoms with Crippen LogP contribution in [-0.4, -0.2) is 31.1 Å². The molecule has 1 N–H and O–H groups in total. The fourth-order valence-corrected chi connectivity index (χ4v) is 1.55. The highest BCUT2D eigenvalue weighted by molar-refractivity contribution is 5.85. The Morgan fingerprint density at radius 1 is 1.37 bits per heavy atom. The van der Waals surface area contributed by atoms with Crippen molar-refractivity contribution in [2.45, 2.75) is 13.8 Å². The van der Waals surface area contributed by atoms with E-state index in [1.165, 1.54) is 29.1 Å². The molecule has 0 aliphatic rings. The summed E-state index contributed by atoms with van der Waals surface area (Å²) in [4.78, 5) is 10.0. The first-order chi connectivity index (χ1) is 9.00. The summed E-state index contributed by atoms with van der Waals surface area (Å²) >= 11 is 0. The van der Waals surface area contributed by atoms with Gasteiger partial charge in [0.15, 0.2) is 11.6 Å². The van der Waals surface area contributed by atoms with E-state index in [-0.39, 0.29) is 11.3 Å². The number of nitrogens with zero attached hydrogens (tertiary/aromatic N) is 5. The lowest BCUT2D eigenvalue weighted by molar-refractivity contribution is -0.385. The normalized spacial score (nSPS) is 11.1. The van der Waals surface area contributed by atoms with Crippen molar-refractivity contribution in [1.82, 2.24) is 14.9 Å². The molecule has 0 amide bonds. The lowest BCUT2D eigenvalue weighted by Crippen LogP contribution is -1.97. The Morgan fingerprint density at radius 3 is 2.58 bits per heavy atom. The summed E-state index contributed by atoms with van der Waals surface area (Å²) in [6, 6.07) is 4.23. The number of nitro groups is 1. The molecule has 19 heavy (non-hydrogen) atoms. The fourth-order valence-electron chi connectivity index (χ4n) is 1.55. The molecule has 0 atom stereocenters. The number of aryl methyl sites for hydroxylation is 2. The molecule has 0 bridgehead atoms. The van der Waals surface area contributed by atoms with E-state index >= 15 is 0 Å². The maximum atomic E-state index is 10.7. The van der Waals surface area contributed by atoms with Crippen molar-refractivity contribution in [1.29, 1.82) is 0 Å². The number of phenols is 1. The maximum Gasteiger partial charge on any atom is 0.311 e. The highest BCUT2D eigenvalue weighted by Crippen LogP contribution is 2.27. The highest BCUT2D eigenvalue weighted by atomic mass is 16.6. The van der Waals surface area contributed by atoms with E-state index in [1.807, 2.05) is 0 Å². The molecule has 0 fully saturated rings. The summed E-state index contributed by atoms with van der Waals surface area (Å²) in [5.41, 5.74) is -0.108. The minimum Gasteiger partial charge on any atom is -0.502 e. The minimum atomic E-state index is -0.651. The maximum absolute atomic E-state index is 10.7. The Kier molecular flexibility index (Phi) is 3.23. The van der Waals surface area contributed by atoms with Gasteiger partial charge >= 0.3 is 5.69 Å². The molecule has 1 heterocycles. The van der Waals surface area contributed by atoms with Gasteiger partial charge in [0.1, 0.15) is 0 Å². The van der Waals surface area contributed by atoms with Gasteiger partial charge in [0.25, 0.3) is 0 Å². The van der Waals surface area contributed by atoms with E-state index < -0.39 is 10.7 Å². The zero-order valence-corrected chi connectivity index (χ0v) is 10.3. The summed E-state index contributed by atoms with van der Waals surface area (Å²) in [5, 5.41) is 32.2. The van der Waals surface area contributed by atoms with Crippen LogP contribution in [0.4, 0.5) is 5.69 Å². The van der Waals surface area contributed by atoms with Gasteiger partial charge in [-0.1, -0.05) is 6.07 Å². The van der Waals surface area contributed by atoms with Crippen molar-refractivity contribution in [3.8, 4) is 5.75 Å². The molecule has 0 spiro atoms. The minimum absolute atomic E-state index is 0.252. The summed E-state index contributed by atoms with van der Waals surface area (Å²) in [6.45, 7) is 3.45. The number of hydrogen-bond acceptors (Lipinski definition) is 6. The van der Waals surface area contributed by atoms with Gasteiger partial charge in [-0.2, -0.15) is 5.10 Å². The monoisotopic (exact) mass is 261 g/mol. The summed E-state index contributed by atoms with van der Waals surface area (Å²) in [6.07, 6.45) is 1.33. The fraction of sp³-hybridized carbons (Fsp3) is 0.182. The van der Waals surface area contributed by atoms with Crippen LogP contribution in [-0.2, 0) is 0 Å². The van der Waals surface area contributed by atoms with Crippen LogP contribution in [0.25, 0.3) is 0 Å². The van der Waals surface area contributed by atoms with Crippen LogP contribution in [0.15, 0.2) is 23.3 Å². The molecule has 2 rings (SSSR count).